The fourth-order valence-corrected chi connectivity index (χ4v) is 4.71. The maximum absolute atomic E-state index is 13.6. The van der Waals surface area contributed by atoms with Crippen LogP contribution in [0.2, 0.25) is 10.0 Å². The average molecular weight is 469 g/mol. The molecule has 0 saturated carbocycles. The monoisotopic (exact) mass is 468 g/mol. The second-order valence-electron chi connectivity index (χ2n) is 6.71. The van der Waals surface area contributed by atoms with E-state index >= 15 is 0 Å². The highest BCUT2D eigenvalue weighted by molar-refractivity contribution is 8.04. The number of carbonyl (C=O) groups is 2. The molecule has 7 heteroatoms. The number of anilines is 2. The normalized spacial score (nSPS) is 13.8. The van der Waals surface area contributed by atoms with Crippen molar-refractivity contribution in [2.45, 2.75) is 11.8 Å². The minimum Gasteiger partial charge on any atom is -0.336 e. The topological polar surface area (TPSA) is 40.6 Å². The molecule has 0 bridgehead atoms. The van der Waals surface area contributed by atoms with E-state index in [4.69, 9.17) is 23.2 Å². The lowest BCUT2D eigenvalue weighted by atomic mass is 10.2. The number of halogens is 2. The number of rotatable bonds is 6. The molecule has 0 atom stereocenters. The molecule has 0 aromatic heterocycles. The van der Waals surface area contributed by atoms with Gasteiger partial charge < -0.3 is 4.90 Å². The average Bonchev–Trinajstić information content (AvgIpc) is 3.01. The molecule has 156 valence electrons. The predicted octanol–water partition coefficient (Wildman–Crippen LogP) is 6.40. The summed E-state index contributed by atoms with van der Waals surface area (Å²) in [7, 11) is 0. The van der Waals surface area contributed by atoms with Crippen LogP contribution >= 0.6 is 35.0 Å². The highest BCUT2D eigenvalue weighted by Gasteiger charge is 2.43. The quantitative estimate of drug-likeness (QED) is 0.392. The van der Waals surface area contributed by atoms with Crippen LogP contribution in [0.3, 0.4) is 0 Å². The second kappa shape index (κ2) is 9.18. The molecule has 1 aliphatic rings. The van der Waals surface area contributed by atoms with E-state index in [0.717, 1.165) is 15.5 Å². The van der Waals surface area contributed by atoms with Gasteiger partial charge in [0, 0.05) is 22.2 Å². The molecule has 0 spiro atoms. The third kappa shape index (κ3) is 4.22. The first kappa shape index (κ1) is 21.5. The molecule has 3 aromatic rings. The van der Waals surface area contributed by atoms with Gasteiger partial charge in [0.15, 0.2) is 0 Å². The Labute approximate surface area is 195 Å². The molecule has 0 aliphatic carbocycles. The van der Waals surface area contributed by atoms with Crippen LogP contribution in [0.5, 0.6) is 0 Å². The molecule has 4 rings (SSSR count). The van der Waals surface area contributed by atoms with Crippen LogP contribution in [0.15, 0.2) is 94.4 Å². The standard InChI is InChI=1S/C24H18Cl2N2O2S/c1-2-27(17-8-4-3-5-9-17)21-22(31-18-14-12-16(25)13-15-18)24(30)28(23(21)29)20-11-7-6-10-19(20)26/h3-15H,2H2,1H3. The van der Waals surface area contributed by atoms with Crippen LogP contribution in [0.25, 0.3) is 0 Å². The molecule has 0 N–H and O–H groups in total. The third-order valence-electron chi connectivity index (χ3n) is 4.80. The van der Waals surface area contributed by atoms with Gasteiger partial charge in [-0.2, -0.15) is 0 Å². The van der Waals surface area contributed by atoms with Gasteiger partial charge >= 0.3 is 0 Å². The number of hydrogen-bond acceptors (Lipinski definition) is 4. The summed E-state index contributed by atoms with van der Waals surface area (Å²) in [5.74, 6) is -0.803. The van der Waals surface area contributed by atoms with Crippen LogP contribution in [0.4, 0.5) is 11.4 Å². The van der Waals surface area contributed by atoms with Crippen molar-refractivity contribution in [2.75, 3.05) is 16.3 Å². The van der Waals surface area contributed by atoms with Crippen molar-refractivity contribution in [3.63, 3.8) is 0 Å². The molecular weight excluding hydrogens is 451 g/mol. The maximum atomic E-state index is 13.6. The Bertz CT molecular complexity index is 1160. The molecule has 0 fully saturated rings. The summed E-state index contributed by atoms with van der Waals surface area (Å²) < 4.78 is 0. The number of para-hydroxylation sites is 2. The molecular formula is C24H18Cl2N2O2S. The van der Waals surface area contributed by atoms with Crippen molar-refractivity contribution in [3.05, 3.63) is 99.5 Å². The lowest BCUT2D eigenvalue weighted by Gasteiger charge is -2.24. The Hall–Kier alpha value is -2.73. The van der Waals surface area contributed by atoms with Crippen LogP contribution in [-0.2, 0) is 9.59 Å². The van der Waals surface area contributed by atoms with Crippen molar-refractivity contribution < 1.29 is 9.59 Å². The van der Waals surface area contributed by atoms with Crippen LogP contribution in [0.1, 0.15) is 6.92 Å². The smallest absolute Gasteiger partial charge is 0.283 e. The van der Waals surface area contributed by atoms with Gasteiger partial charge in [-0.25, -0.2) is 4.90 Å². The molecule has 0 unspecified atom stereocenters. The van der Waals surface area contributed by atoms with E-state index in [9.17, 15) is 9.59 Å². The van der Waals surface area contributed by atoms with Gasteiger partial charge in [-0.1, -0.05) is 65.3 Å². The molecule has 2 amide bonds. The Morgan fingerprint density at radius 3 is 2.13 bits per heavy atom. The Morgan fingerprint density at radius 2 is 1.48 bits per heavy atom. The Morgan fingerprint density at radius 1 is 0.839 bits per heavy atom. The van der Waals surface area contributed by atoms with Gasteiger partial charge in [0.1, 0.15) is 10.6 Å². The Balaban J connectivity index is 1.84. The van der Waals surface area contributed by atoms with Gasteiger partial charge in [0.2, 0.25) is 0 Å². The SMILES string of the molecule is CCN(C1=C(Sc2ccc(Cl)cc2)C(=O)N(c2ccccc2Cl)C1=O)c1ccccc1. The van der Waals surface area contributed by atoms with Crippen LogP contribution in [-0.4, -0.2) is 18.4 Å². The molecule has 0 saturated heterocycles. The molecule has 1 aliphatic heterocycles. The zero-order valence-corrected chi connectivity index (χ0v) is 18.9. The van der Waals surface area contributed by atoms with E-state index < -0.39 is 11.8 Å². The van der Waals surface area contributed by atoms with Crippen LogP contribution in [0, 0.1) is 0 Å². The number of likely N-dealkylation sites (N-methyl/N-ethyl adjacent to an activating group) is 1. The summed E-state index contributed by atoms with van der Waals surface area (Å²) in [5, 5.41) is 0.939. The van der Waals surface area contributed by atoms with Crippen molar-refractivity contribution in [1.29, 1.82) is 0 Å². The maximum Gasteiger partial charge on any atom is 0.283 e. The number of benzene rings is 3. The highest BCUT2D eigenvalue weighted by atomic mass is 35.5. The van der Waals surface area contributed by atoms with E-state index in [1.54, 1.807) is 36.4 Å². The van der Waals surface area contributed by atoms with Gasteiger partial charge in [0.05, 0.1) is 10.7 Å². The summed E-state index contributed by atoms with van der Waals surface area (Å²) in [6.07, 6.45) is 0. The van der Waals surface area contributed by atoms with Crippen LogP contribution < -0.4 is 9.80 Å². The molecule has 31 heavy (non-hydrogen) atoms. The fourth-order valence-electron chi connectivity index (χ4n) is 3.38. The summed E-state index contributed by atoms with van der Waals surface area (Å²) in [5.41, 5.74) is 1.53. The van der Waals surface area contributed by atoms with E-state index in [2.05, 4.69) is 0 Å². The molecule has 1 heterocycles. The second-order valence-corrected chi connectivity index (χ2v) is 8.64. The van der Waals surface area contributed by atoms with Gasteiger partial charge in [-0.15, -0.1) is 0 Å². The summed E-state index contributed by atoms with van der Waals surface area (Å²) in [4.78, 5) is 31.3. The number of nitrogens with zero attached hydrogens (tertiary/aromatic N) is 2. The number of amides is 2. The van der Waals surface area contributed by atoms with Gasteiger partial charge in [-0.3, -0.25) is 9.59 Å². The molecule has 4 nitrogen and oxygen atoms in total. The van der Waals surface area contributed by atoms with E-state index in [1.807, 2.05) is 54.3 Å². The van der Waals surface area contributed by atoms with Gasteiger partial charge in [0.25, 0.3) is 11.8 Å². The highest BCUT2D eigenvalue weighted by Crippen LogP contribution is 2.41. The third-order valence-corrected chi connectivity index (χ3v) is 6.45. The molecule has 3 aromatic carbocycles. The number of thioether (sulfide) groups is 1. The zero-order chi connectivity index (χ0) is 22.0. The number of carbonyl (C=O) groups excluding carboxylic acids is 2. The first-order valence-electron chi connectivity index (χ1n) is 9.65. The number of hydrogen-bond donors (Lipinski definition) is 0. The minimum absolute atomic E-state index is 0.332. The fraction of sp³-hybridized carbons (Fsp3) is 0.0833. The van der Waals surface area contributed by atoms with E-state index in [1.165, 1.54) is 11.8 Å². The van der Waals surface area contributed by atoms with Crippen molar-refractivity contribution >= 4 is 58.2 Å². The predicted molar refractivity (Wildman–Crippen MR) is 128 cm³/mol. The lowest BCUT2D eigenvalue weighted by Crippen LogP contribution is -2.35. The minimum atomic E-state index is -0.403. The summed E-state index contributed by atoms with van der Waals surface area (Å²) in [6.45, 7) is 2.46. The number of imide groups is 1. The van der Waals surface area contributed by atoms with Crippen molar-refractivity contribution in [3.8, 4) is 0 Å². The first-order valence-corrected chi connectivity index (χ1v) is 11.2. The largest absolute Gasteiger partial charge is 0.336 e. The van der Waals surface area contributed by atoms with E-state index in [0.29, 0.717) is 32.9 Å². The zero-order valence-electron chi connectivity index (χ0n) is 16.6. The molecule has 0 radical (unpaired) electrons. The van der Waals surface area contributed by atoms with Crippen molar-refractivity contribution in [1.82, 2.24) is 0 Å². The van der Waals surface area contributed by atoms with Crippen molar-refractivity contribution in [2.24, 2.45) is 0 Å². The van der Waals surface area contributed by atoms with Gasteiger partial charge in [-0.05, 0) is 55.5 Å². The Kier molecular flexibility index (Phi) is 6.37. The lowest BCUT2D eigenvalue weighted by molar-refractivity contribution is -0.120. The summed E-state index contributed by atoms with van der Waals surface area (Å²) >= 11 is 13.6. The summed E-state index contributed by atoms with van der Waals surface area (Å²) in [6, 6.07) is 23.5. The van der Waals surface area contributed by atoms with E-state index in [-0.39, 0.29) is 0 Å². The first-order chi connectivity index (χ1) is 15.0.